The Bertz CT molecular complexity index is 702. The van der Waals surface area contributed by atoms with E-state index in [2.05, 4.69) is 16.9 Å². The molecule has 1 unspecified atom stereocenters. The van der Waals surface area contributed by atoms with Gasteiger partial charge in [0, 0.05) is 26.8 Å². The molecule has 2 rings (SSSR count). The molecule has 0 aliphatic carbocycles. The third kappa shape index (κ3) is 5.82. The number of rotatable bonds is 11. The van der Waals surface area contributed by atoms with Crippen LogP contribution in [0.3, 0.4) is 0 Å². The van der Waals surface area contributed by atoms with Crippen LogP contribution in [0.5, 0.6) is 0 Å². The summed E-state index contributed by atoms with van der Waals surface area (Å²) in [6.45, 7) is 3.63. The Hall–Kier alpha value is -1.34. The summed E-state index contributed by atoms with van der Waals surface area (Å²) in [5.74, 6) is -0.469. The first-order valence-corrected chi connectivity index (χ1v) is 10.0. The van der Waals surface area contributed by atoms with Crippen LogP contribution in [-0.4, -0.2) is 59.3 Å². The molecule has 8 heteroatoms. The van der Waals surface area contributed by atoms with Crippen LogP contribution in [0.4, 0.5) is 0 Å². The fraction of sp³-hybridized carbons (Fsp3) is 0.579. The van der Waals surface area contributed by atoms with Crippen LogP contribution in [0.2, 0.25) is 10.0 Å². The number of carbonyl (C=O) groups excluding carboxylic acids is 1. The number of fused-ring (bicyclic) bond motifs is 1. The van der Waals surface area contributed by atoms with Crippen molar-refractivity contribution in [2.75, 3.05) is 33.4 Å². The minimum atomic E-state index is -0.751. The molecule has 1 atom stereocenters. The van der Waals surface area contributed by atoms with Crippen molar-refractivity contribution in [2.24, 2.45) is 0 Å². The minimum absolute atomic E-state index is 0.138. The standard InChI is InChI=1S/C19H27Cl2N3O3/c1-3-4-5-7-24(8-6-9-27-2)19(26)13(12-25)18-22-16-10-14(20)15(21)11-17(16)23-18/h10-11,13,25H,3-9,12H2,1-2H3,(H,22,23). The third-order valence-corrected chi connectivity index (χ3v) is 5.19. The van der Waals surface area contributed by atoms with Gasteiger partial charge in [0.15, 0.2) is 0 Å². The Morgan fingerprint density at radius 3 is 2.63 bits per heavy atom. The normalized spacial score (nSPS) is 12.5. The lowest BCUT2D eigenvalue weighted by Gasteiger charge is -2.26. The van der Waals surface area contributed by atoms with Gasteiger partial charge in [-0.05, 0) is 25.0 Å². The lowest BCUT2D eigenvalue weighted by Crippen LogP contribution is -2.38. The number of aliphatic hydroxyl groups excluding tert-OH is 1. The van der Waals surface area contributed by atoms with E-state index in [4.69, 9.17) is 27.9 Å². The van der Waals surface area contributed by atoms with Crippen LogP contribution in [-0.2, 0) is 9.53 Å². The maximum Gasteiger partial charge on any atom is 0.235 e. The summed E-state index contributed by atoms with van der Waals surface area (Å²) >= 11 is 12.1. The Kier molecular flexibility index (Phi) is 8.83. The van der Waals surface area contributed by atoms with Crippen LogP contribution < -0.4 is 0 Å². The number of benzene rings is 1. The zero-order valence-corrected chi connectivity index (χ0v) is 17.3. The first-order valence-electron chi connectivity index (χ1n) is 9.25. The molecule has 1 heterocycles. The average molecular weight is 416 g/mol. The van der Waals surface area contributed by atoms with Gasteiger partial charge in [0.05, 0.1) is 27.7 Å². The molecule has 1 aromatic heterocycles. The zero-order chi connectivity index (χ0) is 19.8. The molecule has 0 aliphatic rings. The molecule has 1 aromatic carbocycles. The van der Waals surface area contributed by atoms with Crippen molar-refractivity contribution in [3.05, 3.63) is 28.0 Å². The highest BCUT2D eigenvalue weighted by atomic mass is 35.5. The van der Waals surface area contributed by atoms with Crippen molar-refractivity contribution in [1.29, 1.82) is 0 Å². The number of ether oxygens (including phenoxy) is 1. The molecule has 0 bridgehead atoms. The number of hydrogen-bond donors (Lipinski definition) is 2. The number of unbranched alkanes of at least 4 members (excludes halogenated alkanes) is 2. The summed E-state index contributed by atoms with van der Waals surface area (Å²) in [4.78, 5) is 22.4. The van der Waals surface area contributed by atoms with E-state index in [-0.39, 0.29) is 12.5 Å². The molecule has 27 heavy (non-hydrogen) atoms. The average Bonchev–Trinajstić information content (AvgIpc) is 3.03. The van der Waals surface area contributed by atoms with Crippen molar-refractivity contribution < 1.29 is 14.6 Å². The van der Waals surface area contributed by atoms with Gasteiger partial charge in [-0.3, -0.25) is 4.79 Å². The van der Waals surface area contributed by atoms with E-state index >= 15 is 0 Å². The molecular weight excluding hydrogens is 389 g/mol. The molecule has 0 spiro atoms. The van der Waals surface area contributed by atoms with E-state index in [1.165, 1.54) is 0 Å². The predicted octanol–water partition coefficient (Wildman–Crippen LogP) is 4.00. The topological polar surface area (TPSA) is 78.4 Å². The number of aliphatic hydroxyl groups is 1. The third-order valence-electron chi connectivity index (χ3n) is 4.47. The van der Waals surface area contributed by atoms with E-state index in [1.807, 2.05) is 0 Å². The van der Waals surface area contributed by atoms with Gasteiger partial charge in [-0.25, -0.2) is 4.98 Å². The van der Waals surface area contributed by atoms with Crippen LogP contribution in [0.25, 0.3) is 11.0 Å². The number of H-pyrrole nitrogens is 1. The van der Waals surface area contributed by atoms with Crippen molar-refractivity contribution in [3.8, 4) is 0 Å². The van der Waals surface area contributed by atoms with Gasteiger partial charge in [-0.1, -0.05) is 43.0 Å². The summed E-state index contributed by atoms with van der Waals surface area (Å²) in [5, 5.41) is 10.7. The Labute approximate surface area is 169 Å². The summed E-state index contributed by atoms with van der Waals surface area (Å²) in [6, 6.07) is 3.32. The summed E-state index contributed by atoms with van der Waals surface area (Å²) in [6.07, 6.45) is 3.81. The minimum Gasteiger partial charge on any atom is -0.395 e. The molecule has 6 nitrogen and oxygen atoms in total. The fourth-order valence-electron chi connectivity index (χ4n) is 2.98. The number of methoxy groups -OCH3 is 1. The highest BCUT2D eigenvalue weighted by Crippen LogP contribution is 2.28. The number of hydrogen-bond acceptors (Lipinski definition) is 4. The van der Waals surface area contributed by atoms with E-state index in [1.54, 1.807) is 24.1 Å². The van der Waals surface area contributed by atoms with Gasteiger partial charge in [0.25, 0.3) is 0 Å². The second-order valence-electron chi connectivity index (χ2n) is 6.52. The van der Waals surface area contributed by atoms with Gasteiger partial charge < -0.3 is 19.7 Å². The van der Waals surface area contributed by atoms with Gasteiger partial charge in [0.2, 0.25) is 5.91 Å². The first-order chi connectivity index (χ1) is 13.0. The highest BCUT2D eigenvalue weighted by Gasteiger charge is 2.28. The second-order valence-corrected chi connectivity index (χ2v) is 7.33. The fourth-order valence-corrected chi connectivity index (χ4v) is 3.30. The summed E-state index contributed by atoms with van der Waals surface area (Å²) in [5.41, 5.74) is 1.30. The Morgan fingerprint density at radius 2 is 1.96 bits per heavy atom. The van der Waals surface area contributed by atoms with Crippen molar-refractivity contribution in [1.82, 2.24) is 14.9 Å². The van der Waals surface area contributed by atoms with E-state index < -0.39 is 5.92 Å². The van der Waals surface area contributed by atoms with Crippen molar-refractivity contribution in [3.63, 3.8) is 0 Å². The number of halogens is 2. The van der Waals surface area contributed by atoms with Gasteiger partial charge in [0.1, 0.15) is 11.7 Å². The van der Waals surface area contributed by atoms with Crippen molar-refractivity contribution in [2.45, 2.75) is 38.5 Å². The molecule has 0 saturated heterocycles. The molecule has 0 fully saturated rings. The molecule has 2 N–H and O–H groups in total. The van der Waals surface area contributed by atoms with Crippen LogP contribution >= 0.6 is 23.2 Å². The van der Waals surface area contributed by atoms with E-state index in [0.29, 0.717) is 46.6 Å². The number of imidazole rings is 1. The predicted molar refractivity (Wildman–Crippen MR) is 109 cm³/mol. The maximum atomic E-state index is 13.1. The van der Waals surface area contributed by atoms with E-state index in [0.717, 1.165) is 25.7 Å². The lowest BCUT2D eigenvalue weighted by molar-refractivity contribution is -0.134. The number of amides is 1. The second kappa shape index (κ2) is 10.9. The quantitative estimate of drug-likeness (QED) is 0.543. The summed E-state index contributed by atoms with van der Waals surface area (Å²) in [7, 11) is 1.64. The smallest absolute Gasteiger partial charge is 0.235 e. The SMILES string of the molecule is CCCCCN(CCCOC)C(=O)C(CO)c1nc2cc(Cl)c(Cl)cc2[nH]1. The number of aromatic nitrogens is 2. The monoisotopic (exact) mass is 415 g/mol. The lowest BCUT2D eigenvalue weighted by atomic mass is 10.1. The van der Waals surface area contributed by atoms with Crippen LogP contribution in [0.1, 0.15) is 44.3 Å². The molecule has 2 aromatic rings. The Morgan fingerprint density at radius 1 is 1.26 bits per heavy atom. The van der Waals surface area contributed by atoms with Gasteiger partial charge in [-0.2, -0.15) is 0 Å². The van der Waals surface area contributed by atoms with E-state index in [9.17, 15) is 9.90 Å². The van der Waals surface area contributed by atoms with Crippen LogP contribution in [0.15, 0.2) is 12.1 Å². The number of nitrogens with one attached hydrogen (secondary N) is 1. The van der Waals surface area contributed by atoms with Crippen molar-refractivity contribution >= 4 is 40.1 Å². The molecule has 0 saturated carbocycles. The number of aromatic amines is 1. The molecule has 150 valence electrons. The number of carbonyl (C=O) groups is 1. The van der Waals surface area contributed by atoms with Crippen LogP contribution in [0, 0.1) is 0 Å². The zero-order valence-electron chi connectivity index (χ0n) is 15.8. The van der Waals surface area contributed by atoms with Gasteiger partial charge >= 0.3 is 0 Å². The first kappa shape index (κ1) is 22.0. The molecular formula is C19H27Cl2N3O3. The Balaban J connectivity index is 2.21. The van der Waals surface area contributed by atoms with Gasteiger partial charge in [-0.15, -0.1) is 0 Å². The number of nitrogens with zero attached hydrogens (tertiary/aromatic N) is 2. The molecule has 0 radical (unpaired) electrons. The summed E-state index contributed by atoms with van der Waals surface area (Å²) < 4.78 is 5.10. The molecule has 1 amide bonds. The maximum absolute atomic E-state index is 13.1. The molecule has 0 aliphatic heterocycles. The highest BCUT2D eigenvalue weighted by molar-refractivity contribution is 6.42. The largest absolute Gasteiger partial charge is 0.395 e.